The fourth-order valence-corrected chi connectivity index (χ4v) is 4.04. The molecule has 146 valence electrons. The van der Waals surface area contributed by atoms with Crippen LogP contribution in [0.3, 0.4) is 0 Å². The standard InChI is InChI=1S/C16H18N4O5S.ClH/c17-12-3-1-2-11(10-12)16(22)19-6-8-20(9-7-19)26(23,24)14-5-4-13(25-14)15(18)21;/h1-5,10H,6-9,17H2,(H2,18,21);1H. The molecule has 9 nitrogen and oxygen atoms in total. The molecule has 3 rings (SSSR count). The number of primary amides is 1. The number of benzene rings is 1. The Hall–Kier alpha value is -2.56. The van der Waals surface area contributed by atoms with E-state index in [1.165, 1.54) is 16.4 Å². The SMILES string of the molecule is Cl.NC(=O)c1ccc(S(=O)(=O)N2CCN(C(=O)c3cccc(N)c3)CC2)o1. The van der Waals surface area contributed by atoms with E-state index in [1.54, 1.807) is 29.2 Å². The minimum atomic E-state index is -3.89. The summed E-state index contributed by atoms with van der Waals surface area (Å²) >= 11 is 0. The Bertz CT molecular complexity index is 951. The molecule has 1 aliphatic rings. The summed E-state index contributed by atoms with van der Waals surface area (Å²) in [5.74, 6) is -1.27. The number of furan rings is 1. The lowest BCUT2D eigenvalue weighted by atomic mass is 10.1. The van der Waals surface area contributed by atoms with E-state index in [0.717, 1.165) is 0 Å². The van der Waals surface area contributed by atoms with Gasteiger partial charge in [0.25, 0.3) is 21.8 Å². The fourth-order valence-electron chi connectivity index (χ4n) is 2.70. The molecule has 2 amide bonds. The van der Waals surface area contributed by atoms with E-state index in [4.69, 9.17) is 15.9 Å². The normalized spacial score (nSPS) is 15.2. The van der Waals surface area contributed by atoms with Crippen LogP contribution in [0, 0.1) is 0 Å². The van der Waals surface area contributed by atoms with Crippen LogP contribution in [0.1, 0.15) is 20.9 Å². The second-order valence-corrected chi connectivity index (χ2v) is 7.67. The molecule has 0 atom stereocenters. The van der Waals surface area contributed by atoms with Gasteiger partial charge in [-0.3, -0.25) is 9.59 Å². The van der Waals surface area contributed by atoms with Gasteiger partial charge in [0.2, 0.25) is 5.09 Å². The molecule has 1 aromatic carbocycles. The van der Waals surface area contributed by atoms with E-state index in [1.807, 2.05) is 0 Å². The number of amides is 2. The third kappa shape index (κ3) is 4.24. The number of hydrogen-bond donors (Lipinski definition) is 2. The molecule has 1 aromatic heterocycles. The zero-order chi connectivity index (χ0) is 18.9. The van der Waals surface area contributed by atoms with Gasteiger partial charge in [0.15, 0.2) is 5.76 Å². The monoisotopic (exact) mass is 414 g/mol. The van der Waals surface area contributed by atoms with Crippen LogP contribution >= 0.6 is 12.4 Å². The van der Waals surface area contributed by atoms with Crippen LogP contribution < -0.4 is 11.5 Å². The lowest BCUT2D eigenvalue weighted by Gasteiger charge is -2.33. The molecule has 1 saturated heterocycles. The average Bonchev–Trinajstić information content (AvgIpc) is 3.12. The van der Waals surface area contributed by atoms with Crippen molar-refractivity contribution in [2.45, 2.75) is 5.09 Å². The first-order chi connectivity index (χ1) is 12.3. The minimum absolute atomic E-state index is 0. The second-order valence-electron chi connectivity index (χ2n) is 5.80. The number of nitrogens with zero attached hydrogens (tertiary/aromatic N) is 2. The van der Waals surface area contributed by atoms with Crippen LogP contribution in [0.5, 0.6) is 0 Å². The number of carbonyl (C=O) groups is 2. The van der Waals surface area contributed by atoms with E-state index in [2.05, 4.69) is 0 Å². The van der Waals surface area contributed by atoms with Crippen LogP contribution in [0.4, 0.5) is 5.69 Å². The number of sulfonamides is 1. The number of hydrogen-bond acceptors (Lipinski definition) is 6. The Balaban J connectivity index is 0.00000261. The molecule has 4 N–H and O–H groups in total. The largest absolute Gasteiger partial charge is 0.438 e. The molecule has 27 heavy (non-hydrogen) atoms. The summed E-state index contributed by atoms with van der Waals surface area (Å²) in [6.45, 7) is 0.693. The topological polar surface area (TPSA) is 140 Å². The first-order valence-electron chi connectivity index (χ1n) is 7.83. The van der Waals surface area contributed by atoms with Crippen LogP contribution in [-0.2, 0) is 10.0 Å². The highest BCUT2D eigenvalue weighted by molar-refractivity contribution is 7.89. The summed E-state index contributed by atoms with van der Waals surface area (Å²) in [4.78, 5) is 25.1. The lowest BCUT2D eigenvalue weighted by Crippen LogP contribution is -2.50. The van der Waals surface area contributed by atoms with E-state index in [0.29, 0.717) is 11.3 Å². The number of halogens is 1. The first kappa shape index (κ1) is 20.7. The Kier molecular flexibility index (Phi) is 6.14. The highest BCUT2D eigenvalue weighted by Gasteiger charge is 2.32. The third-order valence-electron chi connectivity index (χ3n) is 4.08. The van der Waals surface area contributed by atoms with Crippen molar-refractivity contribution in [3.63, 3.8) is 0 Å². The molecule has 0 saturated carbocycles. The van der Waals surface area contributed by atoms with Crippen molar-refractivity contribution in [2.24, 2.45) is 5.73 Å². The van der Waals surface area contributed by atoms with E-state index in [-0.39, 0.29) is 55.3 Å². The highest BCUT2D eigenvalue weighted by atomic mass is 35.5. The van der Waals surface area contributed by atoms with Crippen molar-refractivity contribution in [3.05, 3.63) is 47.7 Å². The maximum atomic E-state index is 12.6. The van der Waals surface area contributed by atoms with E-state index < -0.39 is 15.9 Å². The summed E-state index contributed by atoms with van der Waals surface area (Å²) < 4.78 is 31.4. The zero-order valence-electron chi connectivity index (χ0n) is 14.2. The summed E-state index contributed by atoms with van der Waals surface area (Å²) in [6, 6.07) is 9.03. The number of nitrogen functional groups attached to an aromatic ring is 1. The van der Waals surface area contributed by atoms with Crippen molar-refractivity contribution in [1.82, 2.24) is 9.21 Å². The Morgan fingerprint density at radius 1 is 1.04 bits per heavy atom. The second kappa shape index (κ2) is 7.99. The van der Waals surface area contributed by atoms with E-state index >= 15 is 0 Å². The molecule has 0 unspecified atom stereocenters. The molecular weight excluding hydrogens is 396 g/mol. The maximum Gasteiger partial charge on any atom is 0.284 e. The quantitative estimate of drug-likeness (QED) is 0.699. The molecule has 1 fully saturated rings. The molecule has 1 aliphatic heterocycles. The van der Waals surface area contributed by atoms with Crippen LogP contribution in [-0.4, -0.2) is 55.6 Å². The highest BCUT2D eigenvalue weighted by Crippen LogP contribution is 2.21. The summed E-state index contributed by atoms with van der Waals surface area (Å²) in [6.07, 6.45) is 0. The van der Waals surface area contributed by atoms with Gasteiger partial charge in [-0.2, -0.15) is 4.31 Å². The van der Waals surface area contributed by atoms with Gasteiger partial charge < -0.3 is 20.8 Å². The van der Waals surface area contributed by atoms with Crippen molar-refractivity contribution in [2.75, 3.05) is 31.9 Å². The van der Waals surface area contributed by atoms with Crippen LogP contribution in [0.15, 0.2) is 45.9 Å². The molecular formula is C16H19ClN4O5S. The first-order valence-corrected chi connectivity index (χ1v) is 9.27. The van der Waals surface area contributed by atoms with Gasteiger partial charge >= 0.3 is 0 Å². The smallest absolute Gasteiger partial charge is 0.284 e. The summed E-state index contributed by atoms with van der Waals surface area (Å²) in [5.41, 5.74) is 11.7. The lowest BCUT2D eigenvalue weighted by molar-refractivity contribution is 0.0696. The summed E-state index contributed by atoms with van der Waals surface area (Å²) in [5, 5.41) is -0.345. The van der Waals surface area contributed by atoms with Gasteiger partial charge in [0.05, 0.1) is 0 Å². The molecule has 0 radical (unpaired) electrons. The fraction of sp³-hybridized carbons (Fsp3) is 0.250. The zero-order valence-corrected chi connectivity index (χ0v) is 15.8. The van der Waals surface area contributed by atoms with Gasteiger partial charge in [0.1, 0.15) is 0 Å². The number of piperazine rings is 1. The van der Waals surface area contributed by atoms with Crippen molar-refractivity contribution >= 4 is 39.9 Å². The van der Waals surface area contributed by atoms with Gasteiger partial charge in [0, 0.05) is 37.4 Å². The van der Waals surface area contributed by atoms with Crippen molar-refractivity contribution in [3.8, 4) is 0 Å². The van der Waals surface area contributed by atoms with Crippen molar-refractivity contribution in [1.29, 1.82) is 0 Å². The molecule has 2 aromatic rings. The van der Waals surface area contributed by atoms with Gasteiger partial charge in [-0.25, -0.2) is 8.42 Å². The van der Waals surface area contributed by atoms with E-state index in [9.17, 15) is 18.0 Å². The van der Waals surface area contributed by atoms with Gasteiger partial charge in [-0.05, 0) is 30.3 Å². The molecule has 0 aliphatic carbocycles. The molecule has 0 bridgehead atoms. The molecule has 0 spiro atoms. The number of nitrogens with two attached hydrogens (primary N) is 2. The van der Waals surface area contributed by atoms with Crippen LogP contribution in [0.2, 0.25) is 0 Å². The Morgan fingerprint density at radius 3 is 2.26 bits per heavy atom. The predicted octanol–water partition coefficient (Wildman–Crippen LogP) is 0.529. The molecule has 2 heterocycles. The average molecular weight is 415 g/mol. The number of carbonyl (C=O) groups excluding carboxylic acids is 2. The molecule has 11 heteroatoms. The minimum Gasteiger partial charge on any atom is -0.438 e. The number of anilines is 1. The maximum absolute atomic E-state index is 12.6. The predicted molar refractivity (Wildman–Crippen MR) is 100.0 cm³/mol. The van der Waals surface area contributed by atoms with Gasteiger partial charge in [-0.15, -0.1) is 12.4 Å². The Labute approximate surface area is 162 Å². The summed E-state index contributed by atoms with van der Waals surface area (Å²) in [7, 11) is -3.89. The number of rotatable bonds is 4. The third-order valence-corrected chi connectivity index (χ3v) is 5.85. The van der Waals surface area contributed by atoms with Crippen LogP contribution in [0.25, 0.3) is 0 Å². The van der Waals surface area contributed by atoms with Crippen molar-refractivity contribution < 1.29 is 22.4 Å². The Morgan fingerprint density at radius 2 is 1.70 bits per heavy atom. The van der Waals surface area contributed by atoms with Gasteiger partial charge in [-0.1, -0.05) is 6.07 Å².